The molecular weight excluding hydrogens is 320 g/mol. The van der Waals surface area contributed by atoms with Gasteiger partial charge in [-0.1, -0.05) is 51.1 Å². The number of hydrogen-bond acceptors (Lipinski definition) is 2. The average Bonchev–Trinajstić information content (AvgIpc) is 2.63. The highest BCUT2D eigenvalue weighted by Gasteiger charge is 2.30. The Hall–Kier alpha value is -2.29. The maximum Gasteiger partial charge on any atom is 0.251 e. The molecule has 2 aromatic carbocycles. The number of benzene rings is 2. The zero-order valence-corrected chi connectivity index (χ0v) is 16.0. The Morgan fingerprint density at radius 3 is 2.58 bits per heavy atom. The van der Waals surface area contributed by atoms with Crippen LogP contribution in [0.4, 0.5) is 5.69 Å². The summed E-state index contributed by atoms with van der Waals surface area (Å²) < 4.78 is 0. The summed E-state index contributed by atoms with van der Waals surface area (Å²) in [6.45, 7) is 8.73. The van der Waals surface area contributed by atoms with Gasteiger partial charge in [-0.2, -0.15) is 0 Å². The third-order valence-electron chi connectivity index (χ3n) is 5.72. The molecule has 0 aliphatic carbocycles. The number of aryl methyl sites for hydroxylation is 1. The molecular formula is C23H28N2O. The zero-order chi connectivity index (χ0) is 18.3. The van der Waals surface area contributed by atoms with Gasteiger partial charge in [0.2, 0.25) is 0 Å². The molecule has 1 atom stereocenters. The van der Waals surface area contributed by atoms with Gasteiger partial charge in [0.1, 0.15) is 0 Å². The van der Waals surface area contributed by atoms with Crippen LogP contribution in [0, 0.1) is 0 Å². The van der Waals surface area contributed by atoms with Gasteiger partial charge < -0.3 is 10.2 Å². The van der Waals surface area contributed by atoms with Crippen molar-refractivity contribution < 1.29 is 4.79 Å². The van der Waals surface area contributed by atoms with Crippen molar-refractivity contribution in [3.05, 3.63) is 64.7 Å². The highest BCUT2D eigenvalue weighted by atomic mass is 16.1. The van der Waals surface area contributed by atoms with Crippen LogP contribution in [-0.4, -0.2) is 19.0 Å². The molecule has 0 radical (unpaired) electrons. The Bertz CT molecular complexity index is 817. The molecule has 2 aliphatic heterocycles. The molecule has 1 N–H and O–H groups in total. The van der Waals surface area contributed by atoms with E-state index in [9.17, 15) is 4.79 Å². The molecule has 1 amide bonds. The lowest BCUT2D eigenvalue weighted by Crippen LogP contribution is -2.40. The van der Waals surface area contributed by atoms with Crippen LogP contribution in [0.2, 0.25) is 0 Å². The Labute approximate surface area is 156 Å². The third kappa shape index (κ3) is 3.11. The highest BCUT2D eigenvalue weighted by Crippen LogP contribution is 2.39. The third-order valence-corrected chi connectivity index (χ3v) is 5.72. The highest BCUT2D eigenvalue weighted by molar-refractivity contribution is 5.94. The molecule has 0 saturated heterocycles. The van der Waals surface area contributed by atoms with Crippen LogP contribution in [-0.2, 0) is 11.8 Å². The number of nitrogens with one attached hydrogen (secondary N) is 1. The van der Waals surface area contributed by atoms with E-state index >= 15 is 0 Å². The monoisotopic (exact) mass is 348 g/mol. The molecule has 2 aliphatic rings. The van der Waals surface area contributed by atoms with Crippen LogP contribution in [0.15, 0.2) is 42.5 Å². The van der Waals surface area contributed by atoms with Gasteiger partial charge in [0.25, 0.3) is 5.91 Å². The summed E-state index contributed by atoms with van der Waals surface area (Å²) in [5.74, 6) is 0.0253. The number of carbonyl (C=O) groups excluding carboxylic acids is 1. The molecule has 3 heteroatoms. The lowest BCUT2D eigenvalue weighted by atomic mass is 9.86. The second-order valence-corrected chi connectivity index (χ2v) is 8.59. The summed E-state index contributed by atoms with van der Waals surface area (Å²) in [5, 5.41) is 3.28. The molecule has 0 spiro atoms. The maximum absolute atomic E-state index is 12.8. The largest absolute Gasteiger partial charge is 0.371 e. The standard InChI is InChI=1S/C23H28N2O/c1-23(2,3)18-11-9-17(10-12-18)22(26)24-20-13-15-25-14-5-7-16-6-4-8-19(20)21(16)25/h4,6,8-12,20H,5,7,13-15H2,1-3H3,(H,24,26)/t20-/m0/s1. The molecule has 0 unspecified atom stereocenters. The number of carbonyl (C=O) groups is 1. The van der Waals surface area contributed by atoms with Crippen molar-refractivity contribution in [2.75, 3.05) is 18.0 Å². The van der Waals surface area contributed by atoms with E-state index in [1.165, 1.54) is 28.8 Å². The summed E-state index contributed by atoms with van der Waals surface area (Å²) in [4.78, 5) is 15.3. The Morgan fingerprint density at radius 2 is 1.85 bits per heavy atom. The first kappa shape index (κ1) is 17.1. The van der Waals surface area contributed by atoms with E-state index in [1.807, 2.05) is 12.1 Å². The number of anilines is 1. The van der Waals surface area contributed by atoms with E-state index in [2.05, 4.69) is 61.3 Å². The Morgan fingerprint density at radius 1 is 1.08 bits per heavy atom. The quantitative estimate of drug-likeness (QED) is 0.859. The molecule has 0 fully saturated rings. The van der Waals surface area contributed by atoms with E-state index < -0.39 is 0 Å². The minimum atomic E-state index is 0.0253. The van der Waals surface area contributed by atoms with Crippen LogP contribution < -0.4 is 10.2 Å². The minimum absolute atomic E-state index is 0.0253. The first-order chi connectivity index (χ1) is 12.4. The predicted molar refractivity (Wildman–Crippen MR) is 107 cm³/mol. The number of amides is 1. The number of rotatable bonds is 2. The van der Waals surface area contributed by atoms with Gasteiger partial charge in [-0.15, -0.1) is 0 Å². The summed E-state index contributed by atoms with van der Waals surface area (Å²) in [6, 6.07) is 14.7. The molecule has 2 aromatic rings. The zero-order valence-electron chi connectivity index (χ0n) is 16.0. The van der Waals surface area contributed by atoms with Crippen molar-refractivity contribution in [1.82, 2.24) is 5.32 Å². The van der Waals surface area contributed by atoms with Gasteiger partial charge in [-0.05, 0) is 53.5 Å². The van der Waals surface area contributed by atoms with E-state index in [0.29, 0.717) is 0 Å². The first-order valence-corrected chi connectivity index (χ1v) is 9.71. The van der Waals surface area contributed by atoms with Crippen molar-refractivity contribution in [3.63, 3.8) is 0 Å². The van der Waals surface area contributed by atoms with Gasteiger partial charge in [0.15, 0.2) is 0 Å². The summed E-state index contributed by atoms with van der Waals surface area (Å²) in [5.41, 5.74) is 6.18. The fraction of sp³-hybridized carbons (Fsp3) is 0.435. The fourth-order valence-electron chi connectivity index (χ4n) is 4.23. The van der Waals surface area contributed by atoms with Crippen molar-refractivity contribution in [3.8, 4) is 0 Å². The lowest BCUT2D eigenvalue weighted by molar-refractivity contribution is 0.0934. The summed E-state index contributed by atoms with van der Waals surface area (Å²) >= 11 is 0. The topological polar surface area (TPSA) is 32.3 Å². The fourth-order valence-corrected chi connectivity index (χ4v) is 4.23. The molecule has 26 heavy (non-hydrogen) atoms. The minimum Gasteiger partial charge on any atom is -0.371 e. The molecule has 3 nitrogen and oxygen atoms in total. The normalized spacial score (nSPS) is 19.0. The second-order valence-electron chi connectivity index (χ2n) is 8.59. The lowest BCUT2D eigenvalue weighted by Gasteiger charge is -2.40. The Balaban J connectivity index is 1.55. The van der Waals surface area contributed by atoms with Gasteiger partial charge >= 0.3 is 0 Å². The SMILES string of the molecule is CC(C)(C)c1ccc(C(=O)N[C@H]2CCN3CCCc4cccc2c43)cc1. The second kappa shape index (κ2) is 6.46. The van der Waals surface area contributed by atoms with Crippen molar-refractivity contribution in [1.29, 1.82) is 0 Å². The molecule has 0 saturated carbocycles. The first-order valence-electron chi connectivity index (χ1n) is 9.71. The van der Waals surface area contributed by atoms with Gasteiger partial charge in [0.05, 0.1) is 6.04 Å². The smallest absolute Gasteiger partial charge is 0.251 e. The summed E-state index contributed by atoms with van der Waals surface area (Å²) in [7, 11) is 0. The average molecular weight is 348 g/mol. The maximum atomic E-state index is 12.8. The van der Waals surface area contributed by atoms with E-state index in [4.69, 9.17) is 0 Å². The van der Waals surface area contributed by atoms with Gasteiger partial charge in [-0.3, -0.25) is 4.79 Å². The van der Waals surface area contributed by atoms with Crippen molar-refractivity contribution in [2.24, 2.45) is 0 Å². The van der Waals surface area contributed by atoms with Crippen molar-refractivity contribution in [2.45, 2.75) is 51.5 Å². The van der Waals surface area contributed by atoms with Crippen LogP contribution >= 0.6 is 0 Å². The molecule has 2 heterocycles. The molecule has 4 rings (SSSR count). The summed E-state index contributed by atoms with van der Waals surface area (Å²) in [6.07, 6.45) is 3.35. The molecule has 0 bridgehead atoms. The molecule has 136 valence electrons. The number of nitrogens with zero attached hydrogens (tertiary/aromatic N) is 1. The van der Waals surface area contributed by atoms with E-state index in [1.54, 1.807) is 0 Å². The van der Waals surface area contributed by atoms with E-state index in [-0.39, 0.29) is 17.4 Å². The number of hydrogen-bond donors (Lipinski definition) is 1. The molecule has 0 aromatic heterocycles. The Kier molecular flexibility index (Phi) is 4.26. The van der Waals surface area contributed by atoms with Crippen LogP contribution in [0.25, 0.3) is 0 Å². The van der Waals surface area contributed by atoms with Crippen molar-refractivity contribution >= 4 is 11.6 Å². The number of para-hydroxylation sites is 1. The van der Waals surface area contributed by atoms with Gasteiger partial charge in [-0.25, -0.2) is 0 Å². The predicted octanol–water partition coefficient (Wildman–Crippen LogP) is 4.61. The van der Waals surface area contributed by atoms with E-state index in [0.717, 1.165) is 31.5 Å². The van der Waals surface area contributed by atoms with Crippen LogP contribution in [0.5, 0.6) is 0 Å². The van der Waals surface area contributed by atoms with Crippen LogP contribution in [0.3, 0.4) is 0 Å². The van der Waals surface area contributed by atoms with Gasteiger partial charge in [0, 0.05) is 24.3 Å². The van der Waals surface area contributed by atoms with Crippen LogP contribution in [0.1, 0.15) is 66.7 Å².